The molecule has 4 N–H and O–H groups in total. The van der Waals surface area contributed by atoms with Crippen LogP contribution < -0.4 is 5.32 Å². The van der Waals surface area contributed by atoms with Gasteiger partial charge in [0.25, 0.3) is 0 Å². The van der Waals surface area contributed by atoms with Gasteiger partial charge in [-0.1, -0.05) is 0 Å². The highest BCUT2D eigenvalue weighted by molar-refractivity contribution is 5.83. The maximum Gasteiger partial charge on any atom is 0.326 e. The van der Waals surface area contributed by atoms with E-state index in [-0.39, 0.29) is 13.0 Å². The standard InChI is InChI=1S/C12H18N4O4/c1-12(20)2-3-16(6-12)11(19)15-9(10(17)18)4-8-5-13-7-14-8/h5,7,9,20H,2-4,6H2,1H3,(H,13,14)(H,15,19)(H,17,18)/t9-,12?/m1/s1. The van der Waals surface area contributed by atoms with Crippen molar-refractivity contribution in [3.8, 4) is 0 Å². The van der Waals surface area contributed by atoms with E-state index in [0.717, 1.165) is 0 Å². The van der Waals surface area contributed by atoms with E-state index in [9.17, 15) is 14.7 Å². The number of amides is 2. The number of aromatic nitrogens is 2. The third kappa shape index (κ3) is 3.47. The lowest BCUT2D eigenvalue weighted by Crippen LogP contribution is -2.49. The number of nitrogens with one attached hydrogen (secondary N) is 2. The number of carbonyl (C=O) groups excluding carboxylic acids is 1. The van der Waals surface area contributed by atoms with E-state index in [1.807, 2.05) is 0 Å². The summed E-state index contributed by atoms with van der Waals surface area (Å²) < 4.78 is 0. The molecule has 1 saturated heterocycles. The molecule has 2 heterocycles. The normalized spacial score (nSPS) is 23.6. The second-order valence-electron chi connectivity index (χ2n) is 5.29. The summed E-state index contributed by atoms with van der Waals surface area (Å²) in [5.74, 6) is -1.11. The average Bonchev–Trinajstić information content (AvgIpc) is 2.97. The fourth-order valence-electron chi connectivity index (χ4n) is 2.18. The number of rotatable bonds is 4. The van der Waals surface area contributed by atoms with Crippen molar-refractivity contribution < 1.29 is 19.8 Å². The Morgan fingerprint density at radius 1 is 1.65 bits per heavy atom. The zero-order valence-electron chi connectivity index (χ0n) is 11.2. The van der Waals surface area contributed by atoms with Crippen LogP contribution in [0, 0.1) is 0 Å². The first-order chi connectivity index (χ1) is 9.37. The molecule has 2 amide bonds. The molecule has 0 spiro atoms. The van der Waals surface area contributed by atoms with Crippen LogP contribution in [0.25, 0.3) is 0 Å². The van der Waals surface area contributed by atoms with Gasteiger partial charge in [0.15, 0.2) is 0 Å². The molecule has 2 atom stereocenters. The quantitative estimate of drug-likeness (QED) is 0.597. The number of carboxylic acid groups (broad SMARTS) is 1. The van der Waals surface area contributed by atoms with E-state index in [2.05, 4.69) is 15.3 Å². The molecule has 1 aromatic heterocycles. The third-order valence-corrected chi connectivity index (χ3v) is 3.31. The molecule has 1 aliphatic heterocycles. The zero-order valence-corrected chi connectivity index (χ0v) is 11.2. The maximum absolute atomic E-state index is 12.0. The first-order valence-electron chi connectivity index (χ1n) is 6.35. The molecule has 1 unspecified atom stereocenters. The summed E-state index contributed by atoms with van der Waals surface area (Å²) >= 11 is 0. The van der Waals surface area contributed by atoms with E-state index >= 15 is 0 Å². The van der Waals surface area contributed by atoms with Crippen molar-refractivity contribution in [2.45, 2.75) is 31.4 Å². The van der Waals surface area contributed by atoms with E-state index in [1.165, 1.54) is 17.4 Å². The molecule has 0 saturated carbocycles. The van der Waals surface area contributed by atoms with Gasteiger partial charge >= 0.3 is 12.0 Å². The number of carboxylic acids is 1. The number of carbonyl (C=O) groups is 2. The molecule has 1 fully saturated rings. The molecule has 8 heteroatoms. The monoisotopic (exact) mass is 282 g/mol. The van der Waals surface area contributed by atoms with Gasteiger partial charge in [-0.25, -0.2) is 14.6 Å². The van der Waals surface area contributed by atoms with Gasteiger partial charge in [-0.05, 0) is 13.3 Å². The molecule has 8 nitrogen and oxygen atoms in total. The summed E-state index contributed by atoms with van der Waals surface area (Å²) in [6, 6.07) is -1.51. The number of β-amino-alcohol motifs (C(OH)–C–C–N with tert-alkyl or cyclic N) is 1. The predicted molar refractivity (Wildman–Crippen MR) is 69.1 cm³/mol. The molecule has 20 heavy (non-hydrogen) atoms. The van der Waals surface area contributed by atoms with Crippen LogP contribution in [0.5, 0.6) is 0 Å². The lowest BCUT2D eigenvalue weighted by Gasteiger charge is -2.22. The summed E-state index contributed by atoms with van der Waals surface area (Å²) in [6.45, 7) is 2.27. The van der Waals surface area contributed by atoms with Gasteiger partial charge in [-0.3, -0.25) is 0 Å². The number of aliphatic carboxylic acids is 1. The minimum absolute atomic E-state index is 0.130. The number of nitrogens with zero attached hydrogens (tertiary/aromatic N) is 2. The van der Waals surface area contributed by atoms with Crippen LogP contribution in [0.15, 0.2) is 12.5 Å². The largest absolute Gasteiger partial charge is 0.480 e. The SMILES string of the molecule is CC1(O)CCN(C(=O)N[C@H](Cc2cnc[nH]2)C(=O)O)C1. The zero-order chi connectivity index (χ0) is 14.8. The highest BCUT2D eigenvalue weighted by atomic mass is 16.4. The van der Waals surface area contributed by atoms with Gasteiger partial charge < -0.3 is 25.4 Å². The average molecular weight is 282 g/mol. The number of urea groups is 1. The van der Waals surface area contributed by atoms with Crippen molar-refractivity contribution in [2.24, 2.45) is 0 Å². The van der Waals surface area contributed by atoms with Gasteiger partial charge in [0.2, 0.25) is 0 Å². The van der Waals surface area contributed by atoms with Gasteiger partial charge in [-0.15, -0.1) is 0 Å². The number of hydrogen-bond acceptors (Lipinski definition) is 4. The van der Waals surface area contributed by atoms with Gasteiger partial charge in [0, 0.05) is 24.9 Å². The van der Waals surface area contributed by atoms with Gasteiger partial charge in [0.1, 0.15) is 6.04 Å². The lowest BCUT2D eigenvalue weighted by molar-refractivity contribution is -0.139. The first-order valence-corrected chi connectivity index (χ1v) is 6.35. The summed E-state index contributed by atoms with van der Waals surface area (Å²) in [5.41, 5.74) is -0.273. The fraction of sp³-hybridized carbons (Fsp3) is 0.583. The Balaban J connectivity index is 1.95. The van der Waals surface area contributed by atoms with E-state index in [4.69, 9.17) is 5.11 Å². The summed E-state index contributed by atoms with van der Waals surface area (Å²) in [5, 5.41) is 21.4. The Morgan fingerprint density at radius 2 is 2.40 bits per heavy atom. The number of imidazole rings is 1. The van der Waals surface area contributed by atoms with Gasteiger partial charge in [-0.2, -0.15) is 0 Å². The first kappa shape index (κ1) is 14.3. The lowest BCUT2D eigenvalue weighted by atomic mass is 10.1. The van der Waals surface area contributed by atoms with Crippen LogP contribution >= 0.6 is 0 Å². The van der Waals surface area contributed by atoms with Crippen molar-refractivity contribution >= 4 is 12.0 Å². The number of H-pyrrole nitrogens is 1. The maximum atomic E-state index is 12.0. The van der Waals surface area contributed by atoms with Crippen molar-refractivity contribution in [3.63, 3.8) is 0 Å². The van der Waals surface area contributed by atoms with E-state index in [1.54, 1.807) is 6.92 Å². The molecular formula is C12H18N4O4. The Morgan fingerprint density at radius 3 is 2.90 bits per heavy atom. The second kappa shape index (κ2) is 5.49. The Hall–Kier alpha value is -2.09. The number of likely N-dealkylation sites (tertiary alicyclic amines) is 1. The summed E-state index contributed by atoms with van der Waals surface area (Å²) in [6.07, 6.45) is 3.58. The van der Waals surface area contributed by atoms with E-state index < -0.39 is 23.6 Å². The Kier molecular flexibility index (Phi) is 3.93. The highest BCUT2D eigenvalue weighted by Crippen LogP contribution is 2.20. The van der Waals surface area contributed by atoms with Crippen LogP contribution in [0.1, 0.15) is 19.0 Å². The third-order valence-electron chi connectivity index (χ3n) is 3.31. The molecule has 1 aliphatic rings. The van der Waals surface area contributed by atoms with Crippen molar-refractivity contribution in [1.29, 1.82) is 0 Å². The summed E-state index contributed by atoms with van der Waals surface area (Å²) in [7, 11) is 0. The molecule has 0 bridgehead atoms. The molecule has 2 rings (SSSR count). The number of aromatic amines is 1. The van der Waals surface area contributed by atoms with Crippen LogP contribution in [-0.4, -0.2) is 61.8 Å². The Bertz CT molecular complexity index is 486. The van der Waals surface area contributed by atoms with Crippen LogP contribution in [-0.2, 0) is 11.2 Å². The molecule has 1 aromatic rings. The second-order valence-corrected chi connectivity index (χ2v) is 5.29. The minimum Gasteiger partial charge on any atom is -0.480 e. The number of aliphatic hydroxyl groups is 1. The number of hydrogen-bond donors (Lipinski definition) is 4. The van der Waals surface area contributed by atoms with Crippen LogP contribution in [0.3, 0.4) is 0 Å². The molecule has 110 valence electrons. The fourth-order valence-corrected chi connectivity index (χ4v) is 2.18. The Labute approximate surface area is 115 Å². The van der Waals surface area contributed by atoms with Crippen LogP contribution in [0.4, 0.5) is 4.79 Å². The summed E-state index contributed by atoms with van der Waals surface area (Å²) in [4.78, 5) is 31.2. The van der Waals surface area contributed by atoms with Crippen molar-refractivity contribution in [3.05, 3.63) is 18.2 Å². The minimum atomic E-state index is -1.11. The van der Waals surface area contributed by atoms with Gasteiger partial charge in [0.05, 0.1) is 18.5 Å². The predicted octanol–water partition coefficient (Wildman–Crippen LogP) is -0.428. The smallest absolute Gasteiger partial charge is 0.326 e. The molecule has 0 aliphatic carbocycles. The molecule has 0 aromatic carbocycles. The molecular weight excluding hydrogens is 264 g/mol. The van der Waals surface area contributed by atoms with Crippen molar-refractivity contribution in [1.82, 2.24) is 20.2 Å². The van der Waals surface area contributed by atoms with Crippen LogP contribution in [0.2, 0.25) is 0 Å². The highest BCUT2D eigenvalue weighted by Gasteiger charge is 2.35. The molecule has 0 radical (unpaired) electrons. The van der Waals surface area contributed by atoms with Crippen molar-refractivity contribution in [2.75, 3.05) is 13.1 Å². The van der Waals surface area contributed by atoms with E-state index in [0.29, 0.717) is 18.7 Å². The topological polar surface area (TPSA) is 119 Å².